The molecule has 4 unspecified atom stereocenters. The van der Waals surface area contributed by atoms with Gasteiger partial charge in [0.15, 0.2) is 0 Å². The van der Waals surface area contributed by atoms with Gasteiger partial charge in [-0.05, 0) is 0 Å². The first-order valence-corrected chi connectivity index (χ1v) is 6.39. The van der Waals surface area contributed by atoms with Crippen molar-refractivity contribution in [3.8, 4) is 0 Å². The van der Waals surface area contributed by atoms with Crippen molar-refractivity contribution >= 4 is 5.91 Å². The number of rotatable bonds is 10. The quantitative estimate of drug-likeness (QED) is 0.586. The summed E-state index contributed by atoms with van der Waals surface area (Å²) >= 11 is 0. The van der Waals surface area contributed by atoms with Crippen LogP contribution in [0.2, 0.25) is 0 Å². The first-order valence-electron chi connectivity index (χ1n) is 6.39. The topological polar surface area (TPSA) is 77.5 Å². The number of ether oxygens (including phenoxy) is 4. The van der Waals surface area contributed by atoms with Crippen LogP contribution >= 0.6 is 0 Å². The van der Waals surface area contributed by atoms with Gasteiger partial charge in [-0.3, -0.25) is 4.79 Å². The molecule has 0 aliphatic heterocycles. The van der Waals surface area contributed by atoms with Gasteiger partial charge in [0.1, 0.15) is 18.3 Å². The van der Waals surface area contributed by atoms with Gasteiger partial charge in [-0.2, -0.15) is 0 Å². The minimum absolute atomic E-state index is 0.137. The van der Waals surface area contributed by atoms with E-state index in [4.69, 9.17) is 18.9 Å². The third-order valence-electron chi connectivity index (χ3n) is 3.33. The average Bonchev–Trinajstić information content (AvgIpc) is 2.43. The molecule has 4 atom stereocenters. The molecule has 0 bridgehead atoms. The number of methoxy groups -OCH3 is 4. The van der Waals surface area contributed by atoms with Crippen molar-refractivity contribution in [2.24, 2.45) is 0 Å². The van der Waals surface area contributed by atoms with Gasteiger partial charge in [-0.25, -0.2) is 0 Å². The van der Waals surface area contributed by atoms with Gasteiger partial charge in [0.05, 0.1) is 19.3 Å². The normalized spacial score (nSPS) is 17.4. The number of hydrogen-bond donors (Lipinski definition) is 1. The third kappa shape index (κ3) is 5.34. The molecule has 0 aliphatic rings. The van der Waals surface area contributed by atoms with Crippen molar-refractivity contribution < 1.29 is 28.8 Å². The third-order valence-corrected chi connectivity index (χ3v) is 3.33. The highest BCUT2D eigenvalue weighted by Gasteiger charge is 2.37. The Morgan fingerprint density at radius 3 is 2.00 bits per heavy atom. The summed E-state index contributed by atoms with van der Waals surface area (Å²) in [5.41, 5.74) is 0. The van der Waals surface area contributed by atoms with Crippen LogP contribution in [0.15, 0.2) is 0 Å². The van der Waals surface area contributed by atoms with Gasteiger partial charge in [-0.1, -0.05) is 0 Å². The average molecular weight is 293 g/mol. The maximum Gasteiger partial charge on any atom is 0.219 e. The SMILES string of the molecule is COCC(OC)C(O)C(OC)C(COC)N(C)C(C)=O. The molecule has 0 radical (unpaired) electrons. The van der Waals surface area contributed by atoms with Crippen LogP contribution in [-0.4, -0.2) is 89.0 Å². The lowest BCUT2D eigenvalue weighted by Gasteiger charge is -2.37. The van der Waals surface area contributed by atoms with Gasteiger partial charge in [0, 0.05) is 42.4 Å². The van der Waals surface area contributed by atoms with E-state index in [1.54, 1.807) is 7.05 Å². The zero-order valence-corrected chi connectivity index (χ0v) is 13.2. The Hall–Kier alpha value is -0.730. The largest absolute Gasteiger partial charge is 0.388 e. The van der Waals surface area contributed by atoms with Crippen LogP contribution in [-0.2, 0) is 23.7 Å². The minimum Gasteiger partial charge on any atom is -0.388 e. The summed E-state index contributed by atoms with van der Waals surface area (Å²) in [4.78, 5) is 13.0. The fraction of sp³-hybridized carbons (Fsp3) is 0.923. The molecule has 0 aromatic rings. The molecule has 1 N–H and O–H groups in total. The standard InChI is InChI=1S/C13H27NO6/c1-9(15)14(2)10(7-17-3)13(20-6)12(16)11(19-5)8-18-4/h10-13,16H,7-8H2,1-6H3. The Kier molecular flexibility index (Phi) is 9.70. The van der Waals surface area contributed by atoms with Crippen LogP contribution in [0.1, 0.15) is 6.92 Å². The lowest BCUT2D eigenvalue weighted by atomic mass is 10.00. The highest BCUT2D eigenvalue weighted by atomic mass is 16.5. The summed E-state index contributed by atoms with van der Waals surface area (Å²) in [6.45, 7) is 1.92. The second-order valence-corrected chi connectivity index (χ2v) is 4.57. The van der Waals surface area contributed by atoms with Crippen molar-refractivity contribution in [1.29, 1.82) is 0 Å². The summed E-state index contributed by atoms with van der Waals surface area (Å²) in [5.74, 6) is -0.137. The van der Waals surface area contributed by atoms with Crippen molar-refractivity contribution in [3.63, 3.8) is 0 Å². The zero-order valence-electron chi connectivity index (χ0n) is 13.2. The van der Waals surface area contributed by atoms with E-state index in [1.165, 1.54) is 40.3 Å². The number of nitrogens with zero attached hydrogens (tertiary/aromatic N) is 1. The van der Waals surface area contributed by atoms with Crippen LogP contribution in [0.4, 0.5) is 0 Å². The smallest absolute Gasteiger partial charge is 0.219 e. The summed E-state index contributed by atoms with van der Waals surface area (Å²) in [7, 11) is 7.66. The van der Waals surface area contributed by atoms with Crippen LogP contribution < -0.4 is 0 Å². The molecule has 0 fully saturated rings. The summed E-state index contributed by atoms with van der Waals surface area (Å²) < 4.78 is 20.7. The molecule has 0 aliphatic carbocycles. The molecule has 0 rings (SSSR count). The molecule has 0 aromatic heterocycles. The van der Waals surface area contributed by atoms with E-state index in [2.05, 4.69) is 0 Å². The highest BCUT2D eigenvalue weighted by Crippen LogP contribution is 2.16. The fourth-order valence-corrected chi connectivity index (χ4v) is 2.04. The maximum absolute atomic E-state index is 11.5. The number of aliphatic hydroxyl groups is 1. The van der Waals surface area contributed by atoms with Crippen molar-refractivity contribution in [2.45, 2.75) is 31.3 Å². The Morgan fingerprint density at radius 2 is 1.65 bits per heavy atom. The number of carbonyl (C=O) groups excluding carboxylic acids is 1. The van der Waals surface area contributed by atoms with Crippen LogP contribution in [0, 0.1) is 0 Å². The van der Waals surface area contributed by atoms with Crippen molar-refractivity contribution in [3.05, 3.63) is 0 Å². The number of aliphatic hydroxyl groups excluding tert-OH is 1. The number of likely N-dealkylation sites (N-methyl/N-ethyl adjacent to an activating group) is 1. The van der Waals surface area contributed by atoms with E-state index in [1.807, 2.05) is 0 Å². The molecule has 7 nitrogen and oxygen atoms in total. The van der Waals surface area contributed by atoms with Gasteiger partial charge in [-0.15, -0.1) is 0 Å². The summed E-state index contributed by atoms with van der Waals surface area (Å²) in [6, 6.07) is -0.424. The molecule has 0 saturated heterocycles. The fourth-order valence-electron chi connectivity index (χ4n) is 2.04. The predicted octanol–water partition coefficient (Wildman–Crippen LogP) is -0.483. The summed E-state index contributed by atoms with van der Waals surface area (Å²) in [6.07, 6.45) is -2.15. The second-order valence-electron chi connectivity index (χ2n) is 4.57. The molecule has 0 heterocycles. The Morgan fingerprint density at radius 1 is 1.10 bits per heavy atom. The van der Waals surface area contributed by atoms with Crippen molar-refractivity contribution in [1.82, 2.24) is 4.90 Å². The molecule has 0 saturated carbocycles. The highest BCUT2D eigenvalue weighted by molar-refractivity contribution is 5.73. The Bertz CT molecular complexity index is 276. The van der Waals surface area contributed by atoms with Gasteiger partial charge >= 0.3 is 0 Å². The molecule has 1 amide bonds. The molecule has 120 valence electrons. The first-order chi connectivity index (χ1) is 9.44. The van der Waals surface area contributed by atoms with E-state index in [-0.39, 0.29) is 19.1 Å². The molecular weight excluding hydrogens is 266 g/mol. The maximum atomic E-state index is 11.5. The predicted molar refractivity (Wildman–Crippen MR) is 73.6 cm³/mol. The van der Waals surface area contributed by atoms with Crippen LogP contribution in [0.3, 0.4) is 0 Å². The molecule has 20 heavy (non-hydrogen) atoms. The Balaban J connectivity index is 5.08. The van der Waals surface area contributed by atoms with Gasteiger partial charge < -0.3 is 29.0 Å². The van der Waals surface area contributed by atoms with Crippen LogP contribution in [0.5, 0.6) is 0 Å². The van der Waals surface area contributed by atoms with E-state index < -0.39 is 24.4 Å². The molecular formula is C13H27NO6. The molecule has 0 spiro atoms. The number of hydrogen-bond acceptors (Lipinski definition) is 6. The molecule has 7 heteroatoms. The zero-order chi connectivity index (χ0) is 15.7. The van der Waals surface area contributed by atoms with Gasteiger partial charge in [0.2, 0.25) is 5.91 Å². The number of carbonyl (C=O) groups is 1. The van der Waals surface area contributed by atoms with Crippen molar-refractivity contribution in [2.75, 3.05) is 48.7 Å². The van der Waals surface area contributed by atoms with Gasteiger partial charge in [0.25, 0.3) is 0 Å². The first kappa shape index (κ1) is 19.3. The minimum atomic E-state index is -0.952. The summed E-state index contributed by atoms with van der Waals surface area (Å²) in [5, 5.41) is 10.4. The van der Waals surface area contributed by atoms with E-state index in [9.17, 15) is 9.90 Å². The lowest BCUT2D eigenvalue weighted by molar-refractivity contribution is -0.150. The monoisotopic (exact) mass is 293 g/mol. The van der Waals surface area contributed by atoms with Crippen LogP contribution in [0.25, 0.3) is 0 Å². The van der Waals surface area contributed by atoms with E-state index in [0.717, 1.165) is 0 Å². The second kappa shape index (κ2) is 10.1. The number of amides is 1. The molecule has 0 aromatic carbocycles. The van der Waals surface area contributed by atoms with E-state index in [0.29, 0.717) is 0 Å². The Labute approximate surface area is 120 Å². The van der Waals surface area contributed by atoms with E-state index >= 15 is 0 Å². The lowest BCUT2D eigenvalue weighted by Crippen LogP contribution is -2.55.